The van der Waals surface area contributed by atoms with Crippen molar-refractivity contribution < 1.29 is 9.53 Å². The van der Waals surface area contributed by atoms with Gasteiger partial charge in [0.15, 0.2) is 5.96 Å². The molecule has 28 heavy (non-hydrogen) atoms. The SMILES string of the molecule is CCNC(=NCc1cccc(C(=O)NC)c1)NCC(C)Oc1cccc(C)c1. The Labute approximate surface area is 167 Å². The molecule has 1 atom stereocenters. The molecule has 0 fully saturated rings. The van der Waals surface area contributed by atoms with E-state index in [0.717, 1.165) is 17.9 Å². The summed E-state index contributed by atoms with van der Waals surface area (Å²) < 4.78 is 5.95. The van der Waals surface area contributed by atoms with Crippen LogP contribution in [0.4, 0.5) is 0 Å². The summed E-state index contributed by atoms with van der Waals surface area (Å²) in [7, 11) is 1.63. The maximum absolute atomic E-state index is 11.8. The summed E-state index contributed by atoms with van der Waals surface area (Å²) in [5.41, 5.74) is 2.78. The zero-order chi connectivity index (χ0) is 20.4. The van der Waals surface area contributed by atoms with Gasteiger partial charge in [-0.3, -0.25) is 4.79 Å². The molecule has 1 unspecified atom stereocenters. The molecule has 6 nitrogen and oxygen atoms in total. The number of rotatable bonds is 8. The summed E-state index contributed by atoms with van der Waals surface area (Å²) in [5, 5.41) is 9.18. The fourth-order valence-electron chi connectivity index (χ4n) is 2.67. The van der Waals surface area contributed by atoms with Crippen LogP contribution in [0.1, 0.15) is 35.3 Å². The Morgan fingerprint density at radius 2 is 1.93 bits per heavy atom. The summed E-state index contributed by atoms with van der Waals surface area (Å²) >= 11 is 0. The fourth-order valence-corrected chi connectivity index (χ4v) is 2.67. The number of hydrogen-bond acceptors (Lipinski definition) is 3. The number of carbonyl (C=O) groups excluding carboxylic acids is 1. The topological polar surface area (TPSA) is 74.8 Å². The maximum Gasteiger partial charge on any atom is 0.251 e. The molecule has 0 radical (unpaired) electrons. The number of hydrogen-bond donors (Lipinski definition) is 3. The molecule has 0 aliphatic carbocycles. The number of amides is 1. The highest BCUT2D eigenvalue weighted by Crippen LogP contribution is 2.13. The van der Waals surface area contributed by atoms with Gasteiger partial charge in [0, 0.05) is 19.2 Å². The predicted octanol–water partition coefficient (Wildman–Crippen LogP) is 2.88. The van der Waals surface area contributed by atoms with Gasteiger partial charge in [-0.25, -0.2) is 4.99 Å². The van der Waals surface area contributed by atoms with Gasteiger partial charge in [-0.15, -0.1) is 0 Å². The molecule has 0 aromatic heterocycles. The summed E-state index contributed by atoms with van der Waals surface area (Å²) in [5.74, 6) is 1.48. The Hall–Kier alpha value is -3.02. The first-order valence-corrected chi connectivity index (χ1v) is 9.58. The monoisotopic (exact) mass is 382 g/mol. The molecule has 2 rings (SSSR count). The minimum atomic E-state index is -0.0991. The number of aliphatic imine (C=N–C) groups is 1. The van der Waals surface area contributed by atoms with Crippen LogP contribution in [0.3, 0.4) is 0 Å². The molecular formula is C22H30N4O2. The lowest BCUT2D eigenvalue weighted by molar-refractivity contribution is 0.0963. The van der Waals surface area contributed by atoms with E-state index in [4.69, 9.17) is 4.74 Å². The van der Waals surface area contributed by atoms with Crippen molar-refractivity contribution in [1.29, 1.82) is 0 Å². The second-order valence-electron chi connectivity index (χ2n) is 6.60. The van der Waals surface area contributed by atoms with Gasteiger partial charge in [-0.05, 0) is 56.2 Å². The summed E-state index contributed by atoms with van der Waals surface area (Å²) in [6.45, 7) is 7.95. The van der Waals surface area contributed by atoms with Crippen LogP contribution in [0, 0.1) is 6.92 Å². The molecule has 0 bridgehead atoms. The highest BCUT2D eigenvalue weighted by atomic mass is 16.5. The summed E-state index contributed by atoms with van der Waals surface area (Å²) in [4.78, 5) is 16.4. The standard InChI is InChI=1S/C22H30N4O2/c1-5-24-22(25-14-17(3)28-20-11-6-8-16(2)12-20)26-15-18-9-7-10-19(13-18)21(27)23-4/h6-13,17H,5,14-15H2,1-4H3,(H,23,27)(H2,24,25,26). The van der Waals surface area contributed by atoms with Crippen LogP contribution in [0.2, 0.25) is 0 Å². The average molecular weight is 383 g/mol. The first-order chi connectivity index (χ1) is 13.5. The Kier molecular flexibility index (Phi) is 8.34. The Morgan fingerprint density at radius 3 is 2.64 bits per heavy atom. The maximum atomic E-state index is 11.8. The van der Waals surface area contributed by atoms with E-state index in [1.165, 1.54) is 5.56 Å². The Balaban J connectivity index is 1.93. The first kappa shape index (κ1) is 21.3. The van der Waals surface area contributed by atoms with Crippen LogP contribution in [0.15, 0.2) is 53.5 Å². The minimum absolute atomic E-state index is 0.0118. The van der Waals surface area contributed by atoms with Crippen molar-refractivity contribution >= 4 is 11.9 Å². The molecule has 2 aromatic rings. The lowest BCUT2D eigenvalue weighted by atomic mass is 10.1. The smallest absolute Gasteiger partial charge is 0.251 e. The van der Waals surface area contributed by atoms with E-state index >= 15 is 0 Å². The number of benzene rings is 2. The highest BCUT2D eigenvalue weighted by Gasteiger charge is 2.07. The van der Waals surface area contributed by atoms with Crippen molar-refractivity contribution in [3.05, 3.63) is 65.2 Å². The van der Waals surface area contributed by atoms with Gasteiger partial charge in [0.25, 0.3) is 5.91 Å². The second kappa shape index (κ2) is 11.0. The Morgan fingerprint density at radius 1 is 1.14 bits per heavy atom. The van der Waals surface area contributed by atoms with Crippen LogP contribution >= 0.6 is 0 Å². The molecule has 0 heterocycles. The van der Waals surface area contributed by atoms with Gasteiger partial charge in [-0.2, -0.15) is 0 Å². The largest absolute Gasteiger partial charge is 0.489 e. The Bertz CT molecular complexity index is 805. The number of aryl methyl sites for hydroxylation is 1. The summed E-state index contributed by atoms with van der Waals surface area (Å²) in [6, 6.07) is 15.5. The molecule has 0 saturated heterocycles. The molecule has 0 aliphatic rings. The van der Waals surface area contributed by atoms with Crippen LogP contribution in [-0.2, 0) is 6.54 Å². The van der Waals surface area contributed by atoms with Crippen molar-refractivity contribution in [2.45, 2.75) is 33.4 Å². The van der Waals surface area contributed by atoms with Gasteiger partial charge < -0.3 is 20.7 Å². The van der Waals surface area contributed by atoms with Crippen LogP contribution in [0.5, 0.6) is 5.75 Å². The van der Waals surface area contributed by atoms with Crippen molar-refractivity contribution in [3.63, 3.8) is 0 Å². The van der Waals surface area contributed by atoms with Gasteiger partial charge in [-0.1, -0.05) is 24.3 Å². The van der Waals surface area contributed by atoms with Crippen molar-refractivity contribution in [3.8, 4) is 5.75 Å². The van der Waals surface area contributed by atoms with Gasteiger partial charge in [0.05, 0.1) is 13.1 Å². The van der Waals surface area contributed by atoms with E-state index in [2.05, 4.69) is 20.9 Å². The lowest BCUT2D eigenvalue weighted by Gasteiger charge is -2.18. The van der Waals surface area contributed by atoms with E-state index in [1.807, 2.05) is 63.2 Å². The van der Waals surface area contributed by atoms with E-state index < -0.39 is 0 Å². The van der Waals surface area contributed by atoms with Gasteiger partial charge in [0.1, 0.15) is 11.9 Å². The zero-order valence-electron chi connectivity index (χ0n) is 17.1. The number of ether oxygens (including phenoxy) is 1. The predicted molar refractivity (Wildman–Crippen MR) is 114 cm³/mol. The van der Waals surface area contributed by atoms with E-state index in [0.29, 0.717) is 24.6 Å². The van der Waals surface area contributed by atoms with Crippen molar-refractivity contribution in [2.75, 3.05) is 20.1 Å². The minimum Gasteiger partial charge on any atom is -0.489 e. The quantitative estimate of drug-likeness (QED) is 0.485. The number of guanidine groups is 1. The van der Waals surface area contributed by atoms with Crippen molar-refractivity contribution in [2.24, 2.45) is 4.99 Å². The molecule has 0 saturated carbocycles. The van der Waals surface area contributed by atoms with E-state index in [-0.39, 0.29) is 12.0 Å². The van der Waals surface area contributed by atoms with Gasteiger partial charge >= 0.3 is 0 Å². The van der Waals surface area contributed by atoms with Crippen LogP contribution < -0.4 is 20.7 Å². The third-order valence-electron chi connectivity index (χ3n) is 4.06. The van der Waals surface area contributed by atoms with E-state index in [1.54, 1.807) is 13.1 Å². The highest BCUT2D eigenvalue weighted by molar-refractivity contribution is 5.94. The van der Waals surface area contributed by atoms with Crippen LogP contribution in [-0.4, -0.2) is 38.1 Å². The first-order valence-electron chi connectivity index (χ1n) is 9.58. The molecule has 1 amide bonds. The van der Waals surface area contributed by atoms with E-state index in [9.17, 15) is 4.79 Å². The number of nitrogens with one attached hydrogen (secondary N) is 3. The average Bonchev–Trinajstić information content (AvgIpc) is 2.69. The third-order valence-corrected chi connectivity index (χ3v) is 4.06. The lowest BCUT2D eigenvalue weighted by Crippen LogP contribution is -2.41. The molecular weight excluding hydrogens is 352 g/mol. The molecule has 3 N–H and O–H groups in total. The molecule has 0 spiro atoms. The summed E-state index contributed by atoms with van der Waals surface area (Å²) in [6.07, 6.45) is -0.0118. The molecule has 0 aliphatic heterocycles. The van der Waals surface area contributed by atoms with Crippen molar-refractivity contribution in [1.82, 2.24) is 16.0 Å². The normalized spacial score (nSPS) is 12.2. The second-order valence-corrected chi connectivity index (χ2v) is 6.60. The molecule has 150 valence electrons. The number of carbonyl (C=O) groups is 1. The molecule has 2 aromatic carbocycles. The zero-order valence-corrected chi connectivity index (χ0v) is 17.1. The molecule has 6 heteroatoms. The van der Waals surface area contributed by atoms with Gasteiger partial charge in [0.2, 0.25) is 0 Å². The third kappa shape index (κ3) is 6.95. The number of nitrogens with zero attached hydrogens (tertiary/aromatic N) is 1. The van der Waals surface area contributed by atoms with Crippen LogP contribution in [0.25, 0.3) is 0 Å². The fraction of sp³-hybridized carbons (Fsp3) is 0.364.